The summed E-state index contributed by atoms with van der Waals surface area (Å²) in [6, 6.07) is 11.8. The van der Waals surface area contributed by atoms with Crippen LogP contribution in [0.3, 0.4) is 0 Å². The number of rotatable bonds is 1. The SMILES string of the molecule is CC1(C)Oc2cc(C#Cc3c(F)cccc3C(F)(F)F)ccc2-c2nc(-c3c(F)cccc3Cl)[nH]c21. The predicted molar refractivity (Wildman–Crippen MR) is 125 cm³/mol. The third-order valence-corrected chi connectivity index (χ3v) is 6.07. The average Bonchev–Trinajstić information content (AvgIpc) is 3.23. The standard InChI is InChI=1S/C27H16ClF5N2O/c1-26(2)24-23(34-25(35-24)22-18(28)6-4-8-20(22)30)16-12-10-14(13-21(16)36-26)9-11-15-17(27(31,32)33)5-3-7-19(15)29/h3-8,10,12-13H,1-2H3,(H,34,35). The summed E-state index contributed by atoms with van der Waals surface area (Å²) in [5.41, 5.74) is -0.654. The number of halogens is 6. The van der Waals surface area contributed by atoms with E-state index < -0.39 is 34.5 Å². The second-order valence-electron chi connectivity index (χ2n) is 8.64. The van der Waals surface area contributed by atoms with Gasteiger partial charge in [-0.2, -0.15) is 13.2 Å². The molecule has 0 aliphatic carbocycles. The second kappa shape index (κ2) is 8.38. The molecule has 9 heteroatoms. The fourth-order valence-corrected chi connectivity index (χ4v) is 4.33. The summed E-state index contributed by atoms with van der Waals surface area (Å²) in [7, 11) is 0. The van der Waals surface area contributed by atoms with Crippen molar-refractivity contribution in [2.45, 2.75) is 25.6 Å². The molecule has 1 aliphatic rings. The zero-order chi connectivity index (χ0) is 25.8. The number of nitrogens with zero attached hydrogens (tertiary/aromatic N) is 1. The van der Waals surface area contributed by atoms with E-state index in [1.165, 1.54) is 12.1 Å². The van der Waals surface area contributed by atoms with Crippen molar-refractivity contribution in [3.8, 4) is 40.2 Å². The van der Waals surface area contributed by atoms with Crippen molar-refractivity contribution in [2.75, 3.05) is 0 Å². The summed E-state index contributed by atoms with van der Waals surface area (Å²) >= 11 is 6.21. The minimum absolute atomic E-state index is 0.124. The minimum atomic E-state index is -4.75. The Hall–Kier alpha value is -3.83. The molecule has 0 radical (unpaired) electrons. The number of benzene rings is 3. The lowest BCUT2D eigenvalue weighted by Crippen LogP contribution is -2.29. The molecule has 3 nitrogen and oxygen atoms in total. The molecule has 1 aromatic heterocycles. The number of aromatic amines is 1. The van der Waals surface area contributed by atoms with Crippen LogP contribution < -0.4 is 4.74 Å². The highest BCUT2D eigenvalue weighted by atomic mass is 35.5. The topological polar surface area (TPSA) is 37.9 Å². The van der Waals surface area contributed by atoms with Gasteiger partial charge in [-0.3, -0.25) is 0 Å². The van der Waals surface area contributed by atoms with E-state index in [2.05, 4.69) is 21.8 Å². The van der Waals surface area contributed by atoms with E-state index >= 15 is 0 Å². The second-order valence-corrected chi connectivity index (χ2v) is 9.05. The van der Waals surface area contributed by atoms with Crippen molar-refractivity contribution in [1.82, 2.24) is 9.97 Å². The Morgan fingerprint density at radius 1 is 0.972 bits per heavy atom. The molecule has 0 saturated carbocycles. The first kappa shape index (κ1) is 23.9. The Morgan fingerprint density at radius 3 is 2.42 bits per heavy atom. The Morgan fingerprint density at radius 2 is 1.69 bits per heavy atom. The van der Waals surface area contributed by atoms with Crippen molar-refractivity contribution in [3.05, 3.63) is 93.6 Å². The van der Waals surface area contributed by atoms with Gasteiger partial charge in [-0.1, -0.05) is 35.6 Å². The molecule has 0 atom stereocenters. The van der Waals surface area contributed by atoms with Gasteiger partial charge in [0.25, 0.3) is 0 Å². The van der Waals surface area contributed by atoms with Crippen molar-refractivity contribution in [1.29, 1.82) is 0 Å². The molecule has 0 saturated heterocycles. The maximum atomic E-state index is 14.5. The third kappa shape index (κ3) is 4.10. The molecule has 0 bridgehead atoms. The number of H-pyrrole nitrogens is 1. The van der Waals surface area contributed by atoms with E-state index in [4.69, 9.17) is 16.3 Å². The normalized spacial score (nSPS) is 13.8. The number of ether oxygens (including phenoxy) is 1. The average molecular weight is 515 g/mol. The van der Waals surface area contributed by atoms with Gasteiger partial charge < -0.3 is 9.72 Å². The number of alkyl halides is 3. The number of fused-ring (bicyclic) bond motifs is 3. The maximum absolute atomic E-state index is 14.5. The number of aromatic nitrogens is 2. The number of hydrogen-bond acceptors (Lipinski definition) is 2. The molecule has 0 amide bonds. The molecule has 0 unspecified atom stereocenters. The van der Waals surface area contributed by atoms with Gasteiger partial charge in [0, 0.05) is 11.1 Å². The van der Waals surface area contributed by atoms with Crippen LogP contribution in [-0.4, -0.2) is 9.97 Å². The lowest BCUT2D eigenvalue weighted by Gasteiger charge is -2.31. The molecule has 0 spiro atoms. The van der Waals surface area contributed by atoms with Gasteiger partial charge in [0.05, 0.1) is 33.1 Å². The van der Waals surface area contributed by atoms with Crippen LogP contribution in [0.15, 0.2) is 54.6 Å². The summed E-state index contributed by atoms with van der Waals surface area (Å²) in [5, 5.41) is 0.192. The number of nitrogens with one attached hydrogen (secondary N) is 1. The van der Waals surface area contributed by atoms with Crippen LogP contribution in [0.4, 0.5) is 22.0 Å². The van der Waals surface area contributed by atoms with E-state index in [-0.39, 0.29) is 16.4 Å². The molecular weight excluding hydrogens is 499 g/mol. The first-order valence-corrected chi connectivity index (χ1v) is 11.1. The Balaban J connectivity index is 1.58. The molecular formula is C27H16ClF5N2O. The van der Waals surface area contributed by atoms with Crippen LogP contribution in [0.5, 0.6) is 5.75 Å². The summed E-state index contributed by atoms with van der Waals surface area (Å²) < 4.78 is 74.6. The van der Waals surface area contributed by atoms with Crippen LogP contribution in [-0.2, 0) is 11.8 Å². The summed E-state index contributed by atoms with van der Waals surface area (Å²) in [6.07, 6.45) is -4.75. The highest BCUT2D eigenvalue weighted by molar-refractivity contribution is 6.33. The smallest absolute Gasteiger partial charge is 0.417 e. The number of imidazole rings is 1. The van der Waals surface area contributed by atoms with Crippen molar-refractivity contribution in [3.63, 3.8) is 0 Å². The Labute approximate surface area is 207 Å². The quantitative estimate of drug-likeness (QED) is 0.208. The Kier molecular flexibility index (Phi) is 5.56. The zero-order valence-corrected chi connectivity index (χ0v) is 19.6. The molecule has 1 aliphatic heterocycles. The predicted octanol–water partition coefficient (Wildman–Crippen LogP) is 7.72. The lowest BCUT2D eigenvalue weighted by atomic mass is 9.94. The zero-order valence-electron chi connectivity index (χ0n) is 18.8. The van der Waals surface area contributed by atoms with E-state index in [0.29, 0.717) is 28.3 Å². The molecule has 4 aromatic rings. The van der Waals surface area contributed by atoms with Gasteiger partial charge in [-0.25, -0.2) is 13.8 Å². The van der Waals surface area contributed by atoms with Gasteiger partial charge in [-0.05, 0) is 56.3 Å². The van der Waals surface area contributed by atoms with Gasteiger partial charge in [0.1, 0.15) is 28.8 Å². The Bertz CT molecular complexity index is 1560. The molecule has 3 aromatic carbocycles. The number of hydrogen-bond donors (Lipinski definition) is 1. The molecule has 0 fully saturated rings. The summed E-state index contributed by atoms with van der Waals surface area (Å²) in [4.78, 5) is 7.70. The molecule has 2 heterocycles. The van der Waals surface area contributed by atoms with E-state index in [0.717, 1.165) is 18.2 Å². The van der Waals surface area contributed by atoms with E-state index in [1.807, 2.05) is 0 Å². The largest absolute Gasteiger partial charge is 0.481 e. The third-order valence-electron chi connectivity index (χ3n) is 5.76. The monoisotopic (exact) mass is 514 g/mol. The van der Waals surface area contributed by atoms with Crippen molar-refractivity contribution >= 4 is 11.6 Å². The molecule has 1 N–H and O–H groups in total. The summed E-state index contributed by atoms with van der Waals surface area (Å²) in [6.45, 7) is 3.57. The van der Waals surface area contributed by atoms with Gasteiger partial charge in [-0.15, -0.1) is 0 Å². The van der Waals surface area contributed by atoms with E-state index in [1.54, 1.807) is 38.1 Å². The van der Waals surface area contributed by atoms with Gasteiger partial charge in [0.2, 0.25) is 0 Å². The fourth-order valence-electron chi connectivity index (χ4n) is 4.07. The van der Waals surface area contributed by atoms with Crippen LogP contribution in [0.1, 0.15) is 36.2 Å². The van der Waals surface area contributed by atoms with E-state index in [9.17, 15) is 22.0 Å². The highest BCUT2D eigenvalue weighted by Gasteiger charge is 2.37. The fraction of sp³-hybridized carbons (Fsp3) is 0.148. The van der Waals surface area contributed by atoms with Gasteiger partial charge >= 0.3 is 6.18 Å². The summed E-state index contributed by atoms with van der Waals surface area (Å²) in [5.74, 6) is 3.92. The first-order chi connectivity index (χ1) is 17.0. The van der Waals surface area contributed by atoms with Crippen molar-refractivity contribution in [2.24, 2.45) is 0 Å². The molecule has 5 rings (SSSR count). The van der Waals surface area contributed by atoms with Crippen LogP contribution in [0, 0.1) is 23.5 Å². The van der Waals surface area contributed by atoms with Crippen LogP contribution >= 0.6 is 11.6 Å². The lowest BCUT2D eigenvalue weighted by molar-refractivity contribution is -0.138. The van der Waals surface area contributed by atoms with Gasteiger partial charge in [0.15, 0.2) is 0 Å². The van der Waals surface area contributed by atoms with Crippen molar-refractivity contribution < 1.29 is 26.7 Å². The highest BCUT2D eigenvalue weighted by Crippen LogP contribution is 2.45. The van der Waals surface area contributed by atoms with Crippen LogP contribution in [0.25, 0.3) is 22.6 Å². The maximum Gasteiger partial charge on any atom is 0.417 e. The molecule has 182 valence electrons. The minimum Gasteiger partial charge on any atom is -0.481 e. The first-order valence-electron chi connectivity index (χ1n) is 10.7. The molecule has 36 heavy (non-hydrogen) atoms. The van der Waals surface area contributed by atoms with Crippen LogP contribution in [0.2, 0.25) is 5.02 Å².